The smallest absolute Gasteiger partial charge is 0.167 e. The Kier molecular flexibility index (Phi) is 6.56. The summed E-state index contributed by atoms with van der Waals surface area (Å²) in [6.07, 6.45) is 0. The minimum atomic E-state index is 0.558. The predicted octanol–water partition coefficient (Wildman–Crippen LogP) is 13.8. The summed E-state index contributed by atoms with van der Waals surface area (Å²) in [5.74, 6) is 1.76. The van der Waals surface area contributed by atoms with Gasteiger partial charge in [-0.25, -0.2) is 15.0 Å². The summed E-state index contributed by atoms with van der Waals surface area (Å²) < 4.78 is 12.9. The molecule has 0 atom stereocenters. The molecule has 12 aromatic rings. The summed E-state index contributed by atoms with van der Waals surface area (Å²) >= 11 is 0. The molecule has 0 spiro atoms. The van der Waals surface area contributed by atoms with E-state index >= 15 is 0 Å². The first-order valence-corrected chi connectivity index (χ1v) is 18.8. The fourth-order valence-electron chi connectivity index (χ4n) is 8.48. The summed E-state index contributed by atoms with van der Waals surface area (Å²) in [6, 6.07) is 61.1. The largest absolute Gasteiger partial charge is 0.456 e. The van der Waals surface area contributed by atoms with Crippen LogP contribution in [0.2, 0.25) is 0 Å². The normalized spacial score (nSPS) is 11.9. The Balaban J connectivity index is 1.06. The van der Waals surface area contributed by atoms with E-state index in [1.807, 2.05) is 30.3 Å². The number of aromatic nitrogens is 3. The maximum atomic E-state index is 6.48. The Hall–Kier alpha value is -7.63. The first-order valence-electron chi connectivity index (χ1n) is 18.8. The Morgan fingerprint density at radius 2 is 0.893 bits per heavy atom. The van der Waals surface area contributed by atoms with Crippen LogP contribution in [0.25, 0.3) is 121 Å². The molecule has 0 aliphatic carbocycles. The fraction of sp³-hybridized carbons (Fsp3) is 0. The summed E-state index contributed by atoms with van der Waals surface area (Å²) in [5.41, 5.74) is 8.29. The van der Waals surface area contributed by atoms with Crippen LogP contribution in [0.4, 0.5) is 0 Å². The molecule has 0 saturated heterocycles. The van der Waals surface area contributed by atoms with Crippen molar-refractivity contribution >= 4 is 76.2 Å². The number of furan rings is 2. The van der Waals surface area contributed by atoms with E-state index in [-0.39, 0.29) is 0 Å². The van der Waals surface area contributed by atoms with Crippen LogP contribution in [0, 0.1) is 0 Å². The third-order valence-corrected chi connectivity index (χ3v) is 11.1. The van der Waals surface area contributed by atoms with Crippen molar-refractivity contribution in [2.24, 2.45) is 0 Å². The maximum Gasteiger partial charge on any atom is 0.167 e. The Morgan fingerprint density at radius 1 is 0.304 bits per heavy atom. The number of hydrogen-bond acceptors (Lipinski definition) is 5. The summed E-state index contributed by atoms with van der Waals surface area (Å²) in [6.45, 7) is 0. The molecule has 0 saturated carbocycles. The van der Waals surface area contributed by atoms with Crippen LogP contribution in [-0.2, 0) is 0 Å². The lowest BCUT2D eigenvalue weighted by Gasteiger charge is -2.12. The van der Waals surface area contributed by atoms with E-state index in [1.165, 1.54) is 5.39 Å². The van der Waals surface area contributed by atoms with E-state index in [1.54, 1.807) is 0 Å². The predicted molar refractivity (Wildman–Crippen MR) is 229 cm³/mol. The molecule has 5 nitrogen and oxygen atoms in total. The van der Waals surface area contributed by atoms with Crippen molar-refractivity contribution in [2.45, 2.75) is 0 Å². The van der Waals surface area contributed by atoms with Crippen LogP contribution in [0.3, 0.4) is 0 Å². The highest BCUT2D eigenvalue weighted by Crippen LogP contribution is 2.42. The average Bonchev–Trinajstić information content (AvgIpc) is 3.83. The molecule has 0 radical (unpaired) electrons. The van der Waals surface area contributed by atoms with E-state index in [4.69, 9.17) is 23.8 Å². The molecule has 56 heavy (non-hydrogen) atoms. The van der Waals surface area contributed by atoms with Gasteiger partial charge in [-0.15, -0.1) is 0 Å². The highest BCUT2D eigenvalue weighted by molar-refractivity contribution is 6.18. The molecule has 0 aliphatic rings. The molecule has 0 fully saturated rings. The summed E-state index contributed by atoms with van der Waals surface area (Å²) in [4.78, 5) is 15.5. The highest BCUT2D eigenvalue weighted by Gasteiger charge is 2.20. The van der Waals surface area contributed by atoms with Crippen molar-refractivity contribution in [3.8, 4) is 45.3 Å². The number of rotatable bonds is 4. The molecule has 0 unspecified atom stereocenters. The van der Waals surface area contributed by atoms with Gasteiger partial charge in [0, 0.05) is 32.7 Å². The van der Waals surface area contributed by atoms with Crippen LogP contribution >= 0.6 is 0 Å². The first-order chi connectivity index (χ1) is 27.7. The van der Waals surface area contributed by atoms with Gasteiger partial charge in [0.25, 0.3) is 0 Å². The SMILES string of the molecule is c1ccc2cc3c(cc2c1)oc1cccc(-c2cccc4cc(-c5nc(-c6cccc7ccccc67)nc(-c6cccc7c6oc6ccccc67)n5)ccc24)c13. The third-order valence-electron chi connectivity index (χ3n) is 11.1. The maximum absolute atomic E-state index is 6.48. The zero-order valence-electron chi connectivity index (χ0n) is 29.9. The quantitative estimate of drug-likeness (QED) is 0.181. The standard InChI is InChI=1S/C51H29N3O2/c1-2-13-32-29-46-43(28-31(32)12-1)47-39(19-10-24-45(47)55-46)37-18-8-15-33-27-34(25-26-36(33)37)49-52-50(41-21-7-14-30-11-3-4-16-35(30)41)54-51(53-49)42-22-9-20-40-38-17-5-6-23-44(38)56-48(40)42/h1-29H. The molecular weight excluding hydrogens is 687 g/mol. The number of hydrogen-bond donors (Lipinski definition) is 0. The van der Waals surface area contributed by atoms with Gasteiger partial charge in [0.15, 0.2) is 17.5 Å². The van der Waals surface area contributed by atoms with Gasteiger partial charge in [0.05, 0.1) is 5.56 Å². The number of fused-ring (bicyclic) bond motifs is 9. The van der Waals surface area contributed by atoms with Crippen molar-refractivity contribution in [1.29, 1.82) is 0 Å². The molecule has 9 aromatic carbocycles. The fourth-order valence-corrected chi connectivity index (χ4v) is 8.48. The molecular formula is C51H29N3O2. The highest BCUT2D eigenvalue weighted by atomic mass is 16.3. The summed E-state index contributed by atoms with van der Waals surface area (Å²) in [5, 5.41) is 11.1. The molecule has 0 aliphatic heterocycles. The average molecular weight is 716 g/mol. The van der Waals surface area contributed by atoms with Crippen molar-refractivity contribution in [3.63, 3.8) is 0 Å². The molecule has 3 heterocycles. The van der Waals surface area contributed by atoms with Gasteiger partial charge >= 0.3 is 0 Å². The van der Waals surface area contributed by atoms with Gasteiger partial charge in [-0.1, -0.05) is 140 Å². The monoisotopic (exact) mass is 715 g/mol. The second-order valence-electron chi connectivity index (χ2n) is 14.3. The van der Waals surface area contributed by atoms with Gasteiger partial charge in [0.1, 0.15) is 22.3 Å². The van der Waals surface area contributed by atoms with Crippen molar-refractivity contribution in [2.75, 3.05) is 0 Å². The molecule has 3 aromatic heterocycles. The van der Waals surface area contributed by atoms with Gasteiger partial charge in [-0.2, -0.15) is 0 Å². The van der Waals surface area contributed by atoms with Gasteiger partial charge in [-0.05, 0) is 79.8 Å². The molecule has 0 amide bonds. The lowest BCUT2D eigenvalue weighted by atomic mass is 9.93. The van der Waals surface area contributed by atoms with E-state index in [0.717, 1.165) is 98.6 Å². The molecule has 0 bridgehead atoms. The van der Waals surface area contributed by atoms with Crippen molar-refractivity contribution < 1.29 is 8.83 Å². The van der Waals surface area contributed by atoms with Crippen LogP contribution in [-0.4, -0.2) is 15.0 Å². The van der Waals surface area contributed by atoms with E-state index in [0.29, 0.717) is 17.5 Å². The van der Waals surface area contributed by atoms with Crippen LogP contribution in [0.1, 0.15) is 0 Å². The molecule has 0 N–H and O–H groups in total. The summed E-state index contributed by atoms with van der Waals surface area (Å²) in [7, 11) is 0. The Labute approximate surface area is 320 Å². The lowest BCUT2D eigenvalue weighted by molar-refractivity contribution is 0.669. The van der Waals surface area contributed by atoms with E-state index < -0.39 is 0 Å². The molecule has 5 heteroatoms. The van der Waals surface area contributed by atoms with Crippen LogP contribution < -0.4 is 0 Å². The van der Waals surface area contributed by atoms with Crippen LogP contribution in [0.5, 0.6) is 0 Å². The van der Waals surface area contributed by atoms with E-state index in [2.05, 4.69) is 146 Å². The zero-order chi connectivity index (χ0) is 36.7. The minimum absolute atomic E-state index is 0.558. The zero-order valence-corrected chi connectivity index (χ0v) is 29.9. The second kappa shape index (κ2) is 11.9. The number of benzene rings is 9. The van der Waals surface area contributed by atoms with Crippen molar-refractivity contribution in [1.82, 2.24) is 15.0 Å². The van der Waals surface area contributed by atoms with E-state index in [9.17, 15) is 0 Å². The number of nitrogens with zero attached hydrogens (tertiary/aromatic N) is 3. The van der Waals surface area contributed by atoms with Gasteiger partial charge in [-0.3, -0.25) is 0 Å². The third kappa shape index (κ3) is 4.71. The van der Waals surface area contributed by atoms with Crippen molar-refractivity contribution in [3.05, 3.63) is 176 Å². The molecule has 260 valence electrons. The van der Waals surface area contributed by atoms with Crippen LogP contribution in [0.15, 0.2) is 185 Å². The Bertz CT molecular complexity index is 3550. The minimum Gasteiger partial charge on any atom is -0.456 e. The molecule has 12 rings (SSSR count). The topological polar surface area (TPSA) is 65.0 Å². The number of para-hydroxylation sites is 2. The first kappa shape index (κ1) is 30.8. The lowest BCUT2D eigenvalue weighted by Crippen LogP contribution is -2.01. The second-order valence-corrected chi connectivity index (χ2v) is 14.3. The Morgan fingerprint density at radius 3 is 1.79 bits per heavy atom. The van der Waals surface area contributed by atoms with Gasteiger partial charge < -0.3 is 8.83 Å². The van der Waals surface area contributed by atoms with Gasteiger partial charge in [0.2, 0.25) is 0 Å².